The maximum atomic E-state index is 13.4. The predicted octanol–water partition coefficient (Wildman–Crippen LogP) is 3.05. The lowest BCUT2D eigenvalue weighted by Crippen LogP contribution is -1.86. The first kappa shape index (κ1) is 7.94. The van der Waals surface area contributed by atoms with Gasteiger partial charge in [0.05, 0.1) is 6.61 Å². The molecule has 14 heavy (non-hydrogen) atoms. The van der Waals surface area contributed by atoms with Crippen LogP contribution in [0.1, 0.15) is 11.7 Å². The molecular formula is C12H9FO. The topological polar surface area (TPSA) is 12.5 Å². The van der Waals surface area contributed by atoms with Gasteiger partial charge in [0.2, 0.25) is 0 Å². The van der Waals surface area contributed by atoms with Crippen LogP contribution in [0.15, 0.2) is 36.4 Å². The van der Waals surface area contributed by atoms with E-state index in [0.29, 0.717) is 5.39 Å². The molecule has 2 heteroatoms. The van der Waals surface area contributed by atoms with Gasteiger partial charge in [0, 0.05) is 5.39 Å². The van der Waals surface area contributed by atoms with Crippen LogP contribution in [0.5, 0.6) is 0 Å². The highest BCUT2D eigenvalue weighted by Gasteiger charge is 2.26. The van der Waals surface area contributed by atoms with Gasteiger partial charge in [0.15, 0.2) is 0 Å². The molecule has 1 atom stereocenters. The maximum absolute atomic E-state index is 13.4. The van der Waals surface area contributed by atoms with Crippen molar-refractivity contribution in [3.63, 3.8) is 0 Å². The molecule has 1 nitrogen and oxygen atoms in total. The predicted molar refractivity (Wildman–Crippen MR) is 52.6 cm³/mol. The fourth-order valence-electron chi connectivity index (χ4n) is 1.79. The second kappa shape index (κ2) is 2.79. The Labute approximate surface area is 81.1 Å². The van der Waals surface area contributed by atoms with E-state index in [1.54, 1.807) is 6.07 Å². The normalized spacial score (nSPS) is 19.9. The third kappa shape index (κ3) is 1.11. The molecule has 1 aliphatic heterocycles. The van der Waals surface area contributed by atoms with E-state index < -0.39 is 0 Å². The second-order valence-electron chi connectivity index (χ2n) is 3.50. The van der Waals surface area contributed by atoms with Crippen LogP contribution in [-0.4, -0.2) is 6.61 Å². The minimum absolute atomic E-state index is 0.162. The number of epoxide rings is 1. The molecule has 1 saturated heterocycles. The number of hydrogen-bond acceptors (Lipinski definition) is 1. The van der Waals surface area contributed by atoms with E-state index in [0.717, 1.165) is 17.6 Å². The van der Waals surface area contributed by atoms with E-state index in [1.807, 2.05) is 24.3 Å². The Morgan fingerprint density at radius 1 is 1.07 bits per heavy atom. The van der Waals surface area contributed by atoms with Crippen LogP contribution in [0.3, 0.4) is 0 Å². The number of benzene rings is 2. The van der Waals surface area contributed by atoms with Crippen LogP contribution in [0, 0.1) is 5.82 Å². The molecular weight excluding hydrogens is 179 g/mol. The molecule has 2 aromatic carbocycles. The van der Waals surface area contributed by atoms with Gasteiger partial charge in [-0.15, -0.1) is 0 Å². The van der Waals surface area contributed by atoms with Gasteiger partial charge in [-0.3, -0.25) is 0 Å². The number of ether oxygens (including phenoxy) is 1. The first-order chi connectivity index (χ1) is 6.86. The summed E-state index contributed by atoms with van der Waals surface area (Å²) in [5.74, 6) is -0.162. The molecule has 1 aliphatic rings. The summed E-state index contributed by atoms with van der Waals surface area (Å²) < 4.78 is 18.6. The van der Waals surface area contributed by atoms with Crippen molar-refractivity contribution < 1.29 is 9.13 Å². The summed E-state index contributed by atoms with van der Waals surface area (Å²) in [6.07, 6.45) is 0.181. The van der Waals surface area contributed by atoms with E-state index in [4.69, 9.17) is 4.74 Å². The van der Waals surface area contributed by atoms with Gasteiger partial charge in [0.25, 0.3) is 0 Å². The molecule has 0 aromatic heterocycles. The summed E-state index contributed by atoms with van der Waals surface area (Å²) in [6, 6.07) is 10.8. The number of fused-ring (bicyclic) bond motifs is 1. The van der Waals surface area contributed by atoms with Gasteiger partial charge in [-0.05, 0) is 17.0 Å². The van der Waals surface area contributed by atoms with Crippen molar-refractivity contribution in [2.75, 3.05) is 6.61 Å². The molecule has 0 radical (unpaired) electrons. The van der Waals surface area contributed by atoms with Crippen molar-refractivity contribution in [3.05, 3.63) is 47.8 Å². The molecule has 1 heterocycles. The standard InChI is InChI=1S/C12H9FO/c13-11-6-5-10(12-7-14-12)8-3-1-2-4-9(8)11/h1-6,12H,7H2. The fourth-order valence-corrected chi connectivity index (χ4v) is 1.79. The van der Waals surface area contributed by atoms with Gasteiger partial charge in [0.1, 0.15) is 11.9 Å². The summed E-state index contributed by atoms with van der Waals surface area (Å²) in [5, 5.41) is 1.65. The van der Waals surface area contributed by atoms with Crippen molar-refractivity contribution in [2.24, 2.45) is 0 Å². The second-order valence-corrected chi connectivity index (χ2v) is 3.50. The van der Waals surface area contributed by atoms with Crippen molar-refractivity contribution in [3.8, 4) is 0 Å². The van der Waals surface area contributed by atoms with Crippen LogP contribution >= 0.6 is 0 Å². The maximum Gasteiger partial charge on any atom is 0.131 e. The van der Waals surface area contributed by atoms with E-state index in [9.17, 15) is 4.39 Å². The van der Waals surface area contributed by atoms with Crippen LogP contribution in [0.25, 0.3) is 10.8 Å². The van der Waals surface area contributed by atoms with Crippen LogP contribution in [0.2, 0.25) is 0 Å². The molecule has 1 fully saturated rings. The summed E-state index contributed by atoms with van der Waals surface area (Å²) in [7, 11) is 0. The molecule has 0 amide bonds. The van der Waals surface area contributed by atoms with Crippen molar-refractivity contribution in [1.29, 1.82) is 0 Å². The zero-order chi connectivity index (χ0) is 9.54. The molecule has 0 N–H and O–H groups in total. The van der Waals surface area contributed by atoms with Gasteiger partial charge in [-0.25, -0.2) is 4.39 Å². The average Bonchev–Trinajstić information content (AvgIpc) is 3.03. The van der Waals surface area contributed by atoms with Gasteiger partial charge in [-0.2, -0.15) is 0 Å². The highest BCUT2D eigenvalue weighted by atomic mass is 19.1. The lowest BCUT2D eigenvalue weighted by Gasteiger charge is -2.04. The zero-order valence-corrected chi connectivity index (χ0v) is 7.53. The van der Waals surface area contributed by atoms with Crippen LogP contribution in [-0.2, 0) is 4.74 Å². The molecule has 0 aliphatic carbocycles. The summed E-state index contributed by atoms with van der Waals surface area (Å²) in [5.41, 5.74) is 1.10. The van der Waals surface area contributed by atoms with E-state index in [-0.39, 0.29) is 11.9 Å². The van der Waals surface area contributed by atoms with Crippen LogP contribution in [0.4, 0.5) is 4.39 Å². The third-order valence-electron chi connectivity index (χ3n) is 2.58. The molecule has 0 saturated carbocycles. The van der Waals surface area contributed by atoms with Crippen molar-refractivity contribution >= 4 is 10.8 Å². The third-order valence-corrected chi connectivity index (χ3v) is 2.58. The van der Waals surface area contributed by atoms with Crippen molar-refractivity contribution in [1.82, 2.24) is 0 Å². The Hall–Kier alpha value is -1.41. The van der Waals surface area contributed by atoms with Gasteiger partial charge >= 0.3 is 0 Å². The largest absolute Gasteiger partial charge is 0.368 e. The van der Waals surface area contributed by atoms with E-state index in [2.05, 4.69) is 0 Å². The molecule has 0 spiro atoms. The minimum Gasteiger partial charge on any atom is -0.368 e. The summed E-state index contributed by atoms with van der Waals surface area (Å²) in [6.45, 7) is 0.760. The quantitative estimate of drug-likeness (QED) is 0.626. The number of halogens is 1. The number of rotatable bonds is 1. The average molecular weight is 188 g/mol. The van der Waals surface area contributed by atoms with E-state index in [1.165, 1.54) is 6.07 Å². The molecule has 0 bridgehead atoms. The molecule has 3 rings (SSSR count). The highest BCUT2D eigenvalue weighted by Crippen LogP contribution is 2.35. The van der Waals surface area contributed by atoms with E-state index >= 15 is 0 Å². The lowest BCUT2D eigenvalue weighted by molar-refractivity contribution is 0.416. The zero-order valence-electron chi connectivity index (χ0n) is 7.53. The molecule has 1 unspecified atom stereocenters. The minimum atomic E-state index is -0.162. The van der Waals surface area contributed by atoms with Crippen LogP contribution < -0.4 is 0 Å². The number of hydrogen-bond donors (Lipinski definition) is 0. The Morgan fingerprint density at radius 2 is 1.79 bits per heavy atom. The summed E-state index contributed by atoms with van der Waals surface area (Å²) >= 11 is 0. The van der Waals surface area contributed by atoms with Gasteiger partial charge in [-0.1, -0.05) is 30.3 Å². The SMILES string of the molecule is Fc1ccc(C2CO2)c2ccccc12. The Morgan fingerprint density at radius 3 is 2.50 bits per heavy atom. The highest BCUT2D eigenvalue weighted by molar-refractivity contribution is 5.86. The first-order valence-corrected chi connectivity index (χ1v) is 4.65. The molecule has 70 valence electrons. The summed E-state index contributed by atoms with van der Waals surface area (Å²) in [4.78, 5) is 0. The Bertz CT molecular complexity index is 489. The first-order valence-electron chi connectivity index (χ1n) is 4.65. The van der Waals surface area contributed by atoms with Gasteiger partial charge < -0.3 is 4.74 Å². The fraction of sp³-hybridized carbons (Fsp3) is 0.167. The monoisotopic (exact) mass is 188 g/mol. The molecule has 2 aromatic rings. The Kier molecular flexibility index (Phi) is 1.58. The van der Waals surface area contributed by atoms with Crippen molar-refractivity contribution in [2.45, 2.75) is 6.10 Å². The smallest absolute Gasteiger partial charge is 0.131 e. The Balaban J connectivity index is 2.35. The lowest BCUT2D eigenvalue weighted by atomic mass is 10.0.